The van der Waals surface area contributed by atoms with Crippen molar-refractivity contribution in [3.63, 3.8) is 0 Å². The molecule has 1 fully saturated rings. The lowest BCUT2D eigenvalue weighted by atomic mass is 10.0. The average molecular weight is 617 g/mol. The second-order valence-electron chi connectivity index (χ2n) is 11.0. The molecule has 1 heterocycles. The predicted molar refractivity (Wildman–Crippen MR) is 181 cm³/mol. The van der Waals surface area contributed by atoms with Gasteiger partial charge in [-0.1, -0.05) is 45.4 Å². The summed E-state index contributed by atoms with van der Waals surface area (Å²) in [5.41, 5.74) is 4.70. The number of carbonyl (C=O) groups excluding carboxylic acids is 3. The van der Waals surface area contributed by atoms with Crippen LogP contribution in [-0.2, 0) is 4.79 Å². The van der Waals surface area contributed by atoms with Gasteiger partial charge in [0.2, 0.25) is 0 Å². The fourth-order valence-corrected chi connectivity index (χ4v) is 4.43. The third-order valence-electron chi connectivity index (χ3n) is 7.57. The first-order chi connectivity index (χ1) is 21.6. The molecule has 1 aliphatic heterocycles. The van der Waals surface area contributed by atoms with Gasteiger partial charge in [0.25, 0.3) is 11.8 Å². The third-order valence-corrected chi connectivity index (χ3v) is 7.57. The molecule has 4 rings (SSSR count). The standard InChI is InChI=1S/C30H29FN4O3.C5H12.CH4O/c1-20-3-10-25(33-29(37)28(18-32)21(2)23-6-8-24(31)9-7-23)17-27(20)30(38)35-15-13-34(14-16-35)26-11-4-22(19-36)5-12-26;1-4-5(2)3;1-2/h3-12,17-19,32H,13-16H2,1-2H3,(H,33,37);5H,4H2,1-3H3;2H,1H3/b28-21-,32-18?;;. The maximum atomic E-state index is 13.4. The molecule has 1 aliphatic rings. The number of hydrogen-bond donors (Lipinski definition) is 3. The zero-order valence-electron chi connectivity index (χ0n) is 27.1. The molecular weight excluding hydrogens is 571 g/mol. The van der Waals surface area contributed by atoms with Crippen LogP contribution < -0.4 is 10.2 Å². The fraction of sp³-hybridized carbons (Fsp3) is 0.333. The van der Waals surface area contributed by atoms with Gasteiger partial charge in [-0.2, -0.15) is 0 Å². The highest BCUT2D eigenvalue weighted by atomic mass is 19.1. The monoisotopic (exact) mass is 616 g/mol. The van der Waals surface area contributed by atoms with E-state index in [0.29, 0.717) is 54.1 Å². The normalized spacial score (nSPS) is 13.0. The van der Waals surface area contributed by atoms with E-state index in [1.54, 1.807) is 54.3 Å². The first kappa shape index (κ1) is 36.6. The summed E-state index contributed by atoms with van der Waals surface area (Å²) < 4.78 is 13.3. The van der Waals surface area contributed by atoms with Gasteiger partial charge in [0.15, 0.2) is 0 Å². The van der Waals surface area contributed by atoms with Gasteiger partial charge in [-0.05, 0) is 85.0 Å². The number of benzene rings is 3. The minimum absolute atomic E-state index is 0.111. The van der Waals surface area contributed by atoms with E-state index in [9.17, 15) is 18.8 Å². The van der Waals surface area contributed by atoms with Crippen LogP contribution in [0, 0.1) is 24.1 Å². The summed E-state index contributed by atoms with van der Waals surface area (Å²) in [6.07, 6.45) is 3.09. The Morgan fingerprint density at radius 2 is 1.56 bits per heavy atom. The van der Waals surface area contributed by atoms with Crippen molar-refractivity contribution in [3.8, 4) is 0 Å². The Bertz CT molecular complexity index is 1460. The van der Waals surface area contributed by atoms with Crippen molar-refractivity contribution in [2.24, 2.45) is 5.92 Å². The van der Waals surface area contributed by atoms with Crippen LogP contribution in [-0.4, -0.2) is 67.6 Å². The van der Waals surface area contributed by atoms with Crippen LogP contribution in [0.25, 0.3) is 5.57 Å². The number of piperazine rings is 1. The molecule has 8 nitrogen and oxygen atoms in total. The Labute approximate surface area is 266 Å². The van der Waals surface area contributed by atoms with Crippen LogP contribution in [0.1, 0.15) is 66.0 Å². The van der Waals surface area contributed by atoms with E-state index in [1.165, 1.54) is 18.6 Å². The molecule has 0 unspecified atom stereocenters. The number of carbonyl (C=O) groups is 3. The number of aldehydes is 1. The number of aliphatic hydroxyl groups is 1. The second-order valence-corrected chi connectivity index (χ2v) is 11.0. The molecule has 2 amide bonds. The van der Waals surface area contributed by atoms with Crippen molar-refractivity contribution in [1.29, 1.82) is 5.41 Å². The van der Waals surface area contributed by atoms with Crippen LogP contribution in [0.3, 0.4) is 0 Å². The molecule has 3 aromatic rings. The van der Waals surface area contributed by atoms with E-state index in [1.807, 2.05) is 19.1 Å². The first-order valence-electron chi connectivity index (χ1n) is 15.0. The first-order valence-corrected chi connectivity index (χ1v) is 15.0. The number of aliphatic hydroxyl groups excluding tert-OH is 1. The highest BCUT2D eigenvalue weighted by Crippen LogP contribution is 2.23. The van der Waals surface area contributed by atoms with Crippen molar-refractivity contribution in [1.82, 2.24) is 4.90 Å². The van der Waals surface area contributed by atoms with Crippen molar-refractivity contribution in [3.05, 3.63) is 100 Å². The molecule has 240 valence electrons. The molecule has 45 heavy (non-hydrogen) atoms. The minimum atomic E-state index is -0.488. The molecule has 0 aliphatic carbocycles. The predicted octanol–water partition coefficient (Wildman–Crippen LogP) is 6.63. The number of hydrogen-bond acceptors (Lipinski definition) is 6. The van der Waals surface area contributed by atoms with E-state index in [2.05, 4.69) is 31.0 Å². The summed E-state index contributed by atoms with van der Waals surface area (Å²) in [4.78, 5) is 41.2. The van der Waals surface area contributed by atoms with E-state index in [-0.39, 0.29) is 17.3 Å². The quantitative estimate of drug-likeness (QED) is 0.149. The SMILES string of the molecule is C/C(=C(\C=N)C(=O)Nc1ccc(C)c(C(=O)N2CCN(c3ccc(C=O)cc3)CC2)c1)c1ccc(F)cc1.CCC(C)C.CO. The van der Waals surface area contributed by atoms with Gasteiger partial charge >= 0.3 is 0 Å². The number of aryl methyl sites for hydroxylation is 1. The summed E-state index contributed by atoms with van der Waals surface area (Å²) in [5, 5.41) is 17.5. The van der Waals surface area contributed by atoms with Gasteiger partial charge in [0.05, 0.1) is 5.57 Å². The van der Waals surface area contributed by atoms with E-state index in [0.717, 1.165) is 36.8 Å². The topological polar surface area (TPSA) is 114 Å². The number of anilines is 2. The van der Waals surface area contributed by atoms with Gasteiger partial charge in [-0.15, -0.1) is 0 Å². The number of nitrogens with zero attached hydrogens (tertiary/aromatic N) is 2. The molecule has 0 atom stereocenters. The molecule has 3 aromatic carbocycles. The van der Waals surface area contributed by atoms with E-state index < -0.39 is 5.91 Å². The fourth-order valence-electron chi connectivity index (χ4n) is 4.43. The molecule has 0 aromatic heterocycles. The molecule has 0 radical (unpaired) electrons. The number of amides is 2. The molecule has 0 saturated carbocycles. The van der Waals surface area contributed by atoms with Crippen molar-refractivity contribution < 1.29 is 23.9 Å². The van der Waals surface area contributed by atoms with E-state index >= 15 is 0 Å². The van der Waals surface area contributed by atoms with Crippen molar-refractivity contribution in [2.75, 3.05) is 43.5 Å². The number of allylic oxidation sites excluding steroid dienone is 1. The molecule has 0 spiro atoms. The highest BCUT2D eigenvalue weighted by Gasteiger charge is 2.24. The molecule has 0 bridgehead atoms. The average Bonchev–Trinajstić information content (AvgIpc) is 3.07. The Morgan fingerprint density at radius 3 is 2.07 bits per heavy atom. The second kappa shape index (κ2) is 18.2. The molecule has 1 saturated heterocycles. The number of nitrogens with one attached hydrogen (secondary N) is 2. The molecular formula is C36H45FN4O4. The minimum Gasteiger partial charge on any atom is -0.400 e. The summed E-state index contributed by atoms with van der Waals surface area (Å²) >= 11 is 0. The summed E-state index contributed by atoms with van der Waals surface area (Å²) in [7, 11) is 1.00. The Kier molecular flexibility index (Phi) is 14.8. The van der Waals surface area contributed by atoms with Gasteiger partial charge in [0, 0.05) is 62.0 Å². The van der Waals surface area contributed by atoms with Gasteiger partial charge in [0.1, 0.15) is 12.1 Å². The Balaban J connectivity index is 0.000000917. The van der Waals surface area contributed by atoms with Crippen LogP contribution >= 0.6 is 0 Å². The van der Waals surface area contributed by atoms with Gasteiger partial charge < -0.3 is 25.6 Å². The smallest absolute Gasteiger partial charge is 0.257 e. The molecule has 3 N–H and O–H groups in total. The van der Waals surface area contributed by atoms with E-state index in [4.69, 9.17) is 10.5 Å². The van der Waals surface area contributed by atoms with Gasteiger partial charge in [-0.3, -0.25) is 14.4 Å². The van der Waals surface area contributed by atoms with Gasteiger partial charge in [-0.25, -0.2) is 4.39 Å². The Hall–Kier alpha value is -4.63. The maximum Gasteiger partial charge on any atom is 0.257 e. The van der Waals surface area contributed by atoms with Crippen LogP contribution in [0.4, 0.5) is 15.8 Å². The summed E-state index contributed by atoms with van der Waals surface area (Å²) in [6.45, 7) is 12.6. The van der Waals surface area contributed by atoms with Crippen LogP contribution in [0.5, 0.6) is 0 Å². The Morgan fingerprint density at radius 1 is 0.978 bits per heavy atom. The number of halogens is 1. The summed E-state index contributed by atoms with van der Waals surface area (Å²) in [6, 6.07) is 18.3. The van der Waals surface area contributed by atoms with Crippen molar-refractivity contribution >= 4 is 41.3 Å². The lowest BCUT2D eigenvalue weighted by Crippen LogP contribution is -2.49. The highest BCUT2D eigenvalue weighted by molar-refractivity contribution is 6.22. The summed E-state index contributed by atoms with van der Waals surface area (Å²) in [5.74, 6) is -0.0953. The number of rotatable bonds is 8. The zero-order valence-corrected chi connectivity index (χ0v) is 27.1. The maximum absolute atomic E-state index is 13.4. The lowest BCUT2D eigenvalue weighted by Gasteiger charge is -2.36. The van der Waals surface area contributed by atoms with Crippen LogP contribution in [0.15, 0.2) is 72.3 Å². The zero-order chi connectivity index (χ0) is 33.5. The largest absolute Gasteiger partial charge is 0.400 e. The molecule has 9 heteroatoms. The van der Waals surface area contributed by atoms with Crippen molar-refractivity contribution in [2.45, 2.75) is 41.0 Å². The van der Waals surface area contributed by atoms with Crippen LogP contribution in [0.2, 0.25) is 0 Å². The lowest BCUT2D eigenvalue weighted by molar-refractivity contribution is -0.112. The third kappa shape index (κ3) is 10.5.